The van der Waals surface area contributed by atoms with Crippen LogP contribution in [0.3, 0.4) is 0 Å². The monoisotopic (exact) mass is 654 g/mol. The number of benzene rings is 4. The normalized spacial score (nSPS) is 10.2. The van der Waals surface area contributed by atoms with Crippen LogP contribution in [0.2, 0.25) is 0 Å². The van der Waals surface area contributed by atoms with Gasteiger partial charge >= 0.3 is 5.97 Å². The van der Waals surface area contributed by atoms with E-state index in [1.54, 1.807) is 42.5 Å². The zero-order valence-corrected chi connectivity index (χ0v) is 27.0. The summed E-state index contributed by atoms with van der Waals surface area (Å²) in [6.07, 6.45) is 4.79. The zero-order chi connectivity index (χ0) is 25.4. The maximum Gasteiger partial charge on any atom is 0.337 e. The zero-order valence-electron chi connectivity index (χ0n) is 21.4. The van der Waals surface area contributed by atoms with Crippen LogP contribution in [0.4, 0.5) is 22.7 Å². The van der Waals surface area contributed by atoms with Crippen molar-refractivity contribution in [3.05, 3.63) is 120 Å². The number of carboxylic acids is 1. The SMILES string of the molecule is CCCCCc1ccccc1N=Nc1cc[c-]cc1.O=C(O)c1ccccc1N=Nc1cc[c-]cc1.[Y].[Y]. The standard InChI is InChI=1S/C17H19N2.C13H9N2O2.2Y/c1-2-3-5-10-15-11-8-9-14-17(15)19-18-16-12-6-4-7-13-16;16-13(17)11-8-4-5-9-12(11)15-14-10-6-2-1-3-7-10;;/h6-9,11-14H,2-3,5,10H2,1H3;2-9H,(H,16,17);;/q2*-1;;. The third-order valence-corrected chi connectivity index (χ3v) is 5.12. The molecule has 4 aromatic rings. The minimum Gasteiger partial charge on any atom is -0.478 e. The van der Waals surface area contributed by atoms with Gasteiger partial charge in [0, 0.05) is 65.4 Å². The summed E-state index contributed by atoms with van der Waals surface area (Å²) in [7, 11) is 0. The summed E-state index contributed by atoms with van der Waals surface area (Å²) >= 11 is 0. The molecule has 0 bridgehead atoms. The van der Waals surface area contributed by atoms with E-state index in [1.165, 1.54) is 30.9 Å². The molecule has 8 heteroatoms. The van der Waals surface area contributed by atoms with E-state index in [-0.39, 0.29) is 71.0 Å². The number of hydrogen-bond donors (Lipinski definition) is 1. The Hall–Kier alpha value is -2.24. The van der Waals surface area contributed by atoms with E-state index in [0.717, 1.165) is 17.8 Å². The average molecular weight is 654 g/mol. The number of carboxylic acid groups (broad SMARTS) is 1. The molecule has 2 radical (unpaired) electrons. The molecule has 0 unspecified atom stereocenters. The number of aromatic carboxylic acids is 1. The van der Waals surface area contributed by atoms with Gasteiger partial charge in [-0.2, -0.15) is 56.9 Å². The first-order valence-electron chi connectivity index (χ1n) is 11.8. The molecule has 0 aliphatic heterocycles. The van der Waals surface area contributed by atoms with Crippen molar-refractivity contribution in [2.75, 3.05) is 0 Å². The second-order valence-electron chi connectivity index (χ2n) is 7.82. The minimum absolute atomic E-state index is 0. The Morgan fingerprint density at radius 1 is 0.684 bits per heavy atom. The fourth-order valence-electron chi connectivity index (χ4n) is 3.24. The molecular weight excluding hydrogens is 626 g/mol. The molecule has 0 spiro atoms. The largest absolute Gasteiger partial charge is 0.478 e. The van der Waals surface area contributed by atoms with Gasteiger partial charge in [-0.3, -0.25) is 0 Å². The number of carbonyl (C=O) groups is 1. The van der Waals surface area contributed by atoms with E-state index in [9.17, 15) is 4.79 Å². The van der Waals surface area contributed by atoms with Crippen LogP contribution in [0, 0.1) is 12.1 Å². The molecular formula is C30H28N4O2Y2-2. The number of hydrogen-bond acceptors (Lipinski definition) is 5. The fourth-order valence-corrected chi connectivity index (χ4v) is 3.24. The van der Waals surface area contributed by atoms with Crippen molar-refractivity contribution < 1.29 is 75.3 Å². The third-order valence-electron chi connectivity index (χ3n) is 5.12. The molecule has 1 N–H and O–H groups in total. The van der Waals surface area contributed by atoms with Crippen LogP contribution in [-0.4, -0.2) is 11.1 Å². The number of nitrogens with zero attached hydrogens (tertiary/aromatic N) is 4. The van der Waals surface area contributed by atoms with E-state index in [4.69, 9.17) is 5.11 Å². The van der Waals surface area contributed by atoms with Gasteiger partial charge in [0.15, 0.2) is 0 Å². The van der Waals surface area contributed by atoms with Crippen LogP contribution in [0.5, 0.6) is 0 Å². The fraction of sp³-hybridized carbons (Fsp3) is 0.167. The average Bonchev–Trinajstić information content (AvgIpc) is 2.93. The molecule has 0 amide bonds. The van der Waals surface area contributed by atoms with Gasteiger partial charge in [0.1, 0.15) is 5.69 Å². The van der Waals surface area contributed by atoms with Gasteiger partial charge in [-0.05, 0) is 48.0 Å². The first-order chi connectivity index (χ1) is 17.7. The second-order valence-corrected chi connectivity index (χ2v) is 7.82. The van der Waals surface area contributed by atoms with Crippen LogP contribution in [0.1, 0.15) is 42.1 Å². The second kappa shape index (κ2) is 19.8. The Bertz CT molecular complexity index is 1280. The molecule has 4 aromatic carbocycles. The van der Waals surface area contributed by atoms with E-state index in [1.807, 2.05) is 36.4 Å². The molecule has 188 valence electrons. The van der Waals surface area contributed by atoms with Crippen molar-refractivity contribution in [1.82, 2.24) is 0 Å². The minimum atomic E-state index is -1.01. The van der Waals surface area contributed by atoms with Crippen molar-refractivity contribution in [1.29, 1.82) is 0 Å². The van der Waals surface area contributed by atoms with E-state index >= 15 is 0 Å². The summed E-state index contributed by atoms with van der Waals surface area (Å²) in [6.45, 7) is 2.22. The van der Waals surface area contributed by atoms with Crippen LogP contribution >= 0.6 is 0 Å². The summed E-state index contributed by atoms with van der Waals surface area (Å²) in [5, 5.41) is 25.5. The Morgan fingerprint density at radius 3 is 1.74 bits per heavy atom. The summed E-state index contributed by atoms with van der Waals surface area (Å²) in [5.74, 6) is -1.01. The number of unbranched alkanes of at least 4 members (excludes halogenated alkanes) is 2. The molecule has 38 heavy (non-hydrogen) atoms. The van der Waals surface area contributed by atoms with Gasteiger partial charge in [-0.1, -0.05) is 50.1 Å². The molecule has 0 aliphatic carbocycles. The Balaban J connectivity index is 0.000000363. The predicted molar refractivity (Wildman–Crippen MR) is 142 cm³/mol. The molecule has 0 heterocycles. The molecule has 0 aromatic heterocycles. The van der Waals surface area contributed by atoms with Crippen molar-refractivity contribution in [3.8, 4) is 0 Å². The van der Waals surface area contributed by atoms with Gasteiger partial charge in [0.2, 0.25) is 0 Å². The molecule has 0 saturated heterocycles. The van der Waals surface area contributed by atoms with Gasteiger partial charge in [-0.15, -0.1) is 24.3 Å². The summed E-state index contributed by atoms with van der Waals surface area (Å²) in [6, 6.07) is 35.0. The number of aryl methyl sites for hydroxylation is 1. The van der Waals surface area contributed by atoms with Crippen LogP contribution in [-0.2, 0) is 71.8 Å². The quantitative estimate of drug-likeness (QED) is 0.111. The maximum atomic E-state index is 10.9. The van der Waals surface area contributed by atoms with Crippen LogP contribution in [0.25, 0.3) is 0 Å². The van der Waals surface area contributed by atoms with E-state index < -0.39 is 5.97 Å². The van der Waals surface area contributed by atoms with Gasteiger partial charge in [0.05, 0.1) is 11.3 Å². The van der Waals surface area contributed by atoms with Crippen LogP contribution < -0.4 is 0 Å². The molecule has 0 aliphatic rings. The number of azo groups is 2. The van der Waals surface area contributed by atoms with E-state index in [0.29, 0.717) is 11.4 Å². The predicted octanol–water partition coefficient (Wildman–Crippen LogP) is 9.23. The third kappa shape index (κ3) is 12.1. The molecule has 0 fully saturated rings. The Labute approximate surface area is 274 Å². The number of rotatable bonds is 9. The molecule has 4 rings (SSSR count). The van der Waals surface area contributed by atoms with Crippen molar-refractivity contribution in [3.63, 3.8) is 0 Å². The topological polar surface area (TPSA) is 86.7 Å². The van der Waals surface area contributed by atoms with Crippen molar-refractivity contribution >= 4 is 28.7 Å². The van der Waals surface area contributed by atoms with Gasteiger partial charge < -0.3 is 5.11 Å². The molecule has 0 atom stereocenters. The molecule has 6 nitrogen and oxygen atoms in total. The first kappa shape index (κ1) is 33.8. The Kier molecular flexibility index (Phi) is 17.6. The Morgan fingerprint density at radius 2 is 1.18 bits per heavy atom. The van der Waals surface area contributed by atoms with Gasteiger partial charge in [-0.25, -0.2) is 4.79 Å². The van der Waals surface area contributed by atoms with Crippen LogP contribution in [0.15, 0.2) is 118 Å². The summed E-state index contributed by atoms with van der Waals surface area (Å²) < 4.78 is 0. The summed E-state index contributed by atoms with van der Waals surface area (Å²) in [5.41, 5.74) is 4.26. The first-order valence-corrected chi connectivity index (χ1v) is 11.8. The van der Waals surface area contributed by atoms with Crippen molar-refractivity contribution in [2.45, 2.75) is 32.6 Å². The summed E-state index contributed by atoms with van der Waals surface area (Å²) in [4.78, 5) is 10.9. The van der Waals surface area contributed by atoms with Crippen molar-refractivity contribution in [2.24, 2.45) is 20.5 Å². The van der Waals surface area contributed by atoms with E-state index in [2.05, 4.69) is 51.6 Å². The smallest absolute Gasteiger partial charge is 0.337 e. The maximum absolute atomic E-state index is 10.9. The van der Waals surface area contributed by atoms with Gasteiger partial charge in [0.25, 0.3) is 0 Å². The molecule has 0 saturated carbocycles.